The van der Waals surface area contributed by atoms with Gasteiger partial charge in [0, 0.05) is 22.1 Å². The number of fused-ring (bicyclic) bond motifs is 6. The van der Waals surface area contributed by atoms with Crippen molar-refractivity contribution in [1.29, 1.82) is 0 Å². The minimum atomic E-state index is -0.529. The molecular weight excluding hydrogens is 456 g/mol. The van der Waals surface area contributed by atoms with Gasteiger partial charge in [-0.3, -0.25) is 4.99 Å². The average molecular weight is 470 g/mol. The number of aromatic amines is 2. The Bertz CT molecular complexity index is 1170. The molecule has 0 spiro atoms. The summed E-state index contributed by atoms with van der Waals surface area (Å²) in [6.07, 6.45) is 14.2. The predicted octanol–water partition coefficient (Wildman–Crippen LogP) is 3.40. The fourth-order valence-electron chi connectivity index (χ4n) is 3.21. The highest BCUT2D eigenvalue weighted by Gasteiger charge is 2.36. The molecule has 0 saturated heterocycles. The summed E-state index contributed by atoms with van der Waals surface area (Å²) in [5, 5.41) is 2.06. The lowest BCUT2D eigenvalue weighted by molar-refractivity contribution is 0.753. The fraction of sp³-hybridized carbons (Fsp3) is 0.100. The molecule has 0 aromatic carbocycles. The van der Waals surface area contributed by atoms with Crippen LogP contribution in [0.15, 0.2) is 70.3 Å². The van der Waals surface area contributed by atoms with Crippen LogP contribution in [-0.4, -0.2) is 25.8 Å². The topological polar surface area (TPSA) is 56.3 Å². The molecule has 2 aromatic rings. The number of alkyl halides is 2. The van der Waals surface area contributed by atoms with Crippen LogP contribution in [0.25, 0.3) is 12.2 Å². The lowest BCUT2D eigenvalue weighted by atomic mass is 10.1. The second-order valence-electron chi connectivity index (χ2n) is 6.43. The van der Waals surface area contributed by atoms with Crippen LogP contribution in [0.4, 0.5) is 0 Å². The zero-order valence-corrected chi connectivity index (χ0v) is 16.8. The number of aliphatic imine (C=N–C) groups is 2. The molecule has 5 rings (SSSR count). The highest BCUT2D eigenvalue weighted by atomic mass is 79.9. The number of H-pyrrole nitrogens is 2. The van der Waals surface area contributed by atoms with Crippen LogP contribution in [0.5, 0.6) is 0 Å². The second-order valence-corrected chi connectivity index (χ2v) is 8.61. The Morgan fingerprint density at radius 3 is 2.62 bits per heavy atom. The molecule has 0 saturated carbocycles. The Kier molecular flexibility index (Phi) is 3.65. The van der Waals surface area contributed by atoms with Crippen molar-refractivity contribution in [2.24, 2.45) is 9.98 Å². The lowest BCUT2D eigenvalue weighted by Crippen LogP contribution is -2.19. The normalized spacial score (nSPS) is 26.1. The fourth-order valence-corrected chi connectivity index (χ4v) is 4.31. The molecule has 26 heavy (non-hydrogen) atoms. The SMILES string of the molecule is BrC1c2ccc([nH]2)C=c2ccc([nH]2)=CC2=NC(=CC3=NC1(Br)C=C3)C=C2. The van der Waals surface area contributed by atoms with Gasteiger partial charge in [-0.15, -0.1) is 0 Å². The van der Waals surface area contributed by atoms with Gasteiger partial charge in [0.05, 0.1) is 21.9 Å². The molecule has 8 bridgehead atoms. The van der Waals surface area contributed by atoms with E-state index in [4.69, 9.17) is 4.99 Å². The van der Waals surface area contributed by atoms with Crippen molar-refractivity contribution in [1.82, 2.24) is 9.97 Å². The quantitative estimate of drug-likeness (QED) is 0.439. The molecule has 4 nitrogen and oxygen atoms in total. The first-order chi connectivity index (χ1) is 12.6. The van der Waals surface area contributed by atoms with E-state index in [9.17, 15) is 0 Å². The summed E-state index contributed by atoms with van der Waals surface area (Å²) >= 11 is 7.58. The van der Waals surface area contributed by atoms with E-state index < -0.39 is 4.45 Å². The third-order valence-corrected chi connectivity index (χ3v) is 7.18. The van der Waals surface area contributed by atoms with Gasteiger partial charge in [-0.05, 0) is 66.8 Å². The van der Waals surface area contributed by atoms with Gasteiger partial charge in [-0.1, -0.05) is 31.9 Å². The molecular formula is C20H14Br2N4. The molecule has 3 aliphatic heterocycles. The van der Waals surface area contributed by atoms with Crippen molar-refractivity contribution in [2.75, 3.05) is 0 Å². The number of allylic oxidation sites excluding steroid dienone is 4. The molecule has 2 unspecified atom stereocenters. The Morgan fingerprint density at radius 2 is 1.73 bits per heavy atom. The van der Waals surface area contributed by atoms with Crippen molar-refractivity contribution in [3.05, 3.63) is 82.4 Å². The van der Waals surface area contributed by atoms with E-state index in [0.717, 1.165) is 39.2 Å². The largest absolute Gasteiger partial charge is 0.358 e. The molecule has 2 aromatic heterocycles. The Hall–Kier alpha value is -2.18. The summed E-state index contributed by atoms with van der Waals surface area (Å²) in [6.45, 7) is 0. The lowest BCUT2D eigenvalue weighted by Gasteiger charge is -2.22. The van der Waals surface area contributed by atoms with Crippen molar-refractivity contribution in [3.8, 4) is 0 Å². The molecule has 0 radical (unpaired) electrons. The Labute approximate surface area is 166 Å². The van der Waals surface area contributed by atoms with Crippen molar-refractivity contribution in [2.45, 2.75) is 9.28 Å². The van der Waals surface area contributed by atoms with Crippen LogP contribution in [-0.2, 0) is 0 Å². The monoisotopic (exact) mass is 468 g/mol. The molecule has 128 valence electrons. The van der Waals surface area contributed by atoms with E-state index in [0.29, 0.717) is 0 Å². The zero-order chi connectivity index (χ0) is 17.7. The van der Waals surface area contributed by atoms with E-state index in [1.54, 1.807) is 0 Å². The van der Waals surface area contributed by atoms with Crippen LogP contribution in [0.2, 0.25) is 0 Å². The highest BCUT2D eigenvalue weighted by Crippen LogP contribution is 2.44. The molecule has 2 atom stereocenters. The molecule has 0 aliphatic carbocycles. The van der Waals surface area contributed by atoms with Crippen LogP contribution < -0.4 is 10.7 Å². The molecule has 5 heterocycles. The van der Waals surface area contributed by atoms with Crippen LogP contribution >= 0.6 is 31.9 Å². The second kappa shape index (κ2) is 5.93. The minimum absolute atomic E-state index is 0.0251. The van der Waals surface area contributed by atoms with Crippen LogP contribution in [0.3, 0.4) is 0 Å². The van der Waals surface area contributed by atoms with Crippen LogP contribution in [0.1, 0.15) is 16.2 Å². The third kappa shape index (κ3) is 2.83. The Morgan fingerprint density at radius 1 is 0.885 bits per heavy atom. The van der Waals surface area contributed by atoms with Gasteiger partial charge in [0.15, 0.2) is 4.45 Å². The summed E-state index contributed by atoms with van der Waals surface area (Å²) in [6, 6.07) is 8.27. The standard InChI is InChI=1S/C20H14Br2N4/c21-19-18-6-5-16(25-18)10-14-2-1-12(23-14)9-13-3-4-15(24-13)11-17-7-8-20(19,22)26-17/h1-11,19,23,25H. The third-order valence-electron chi connectivity index (χ3n) is 4.47. The number of hydrogen-bond donors (Lipinski definition) is 2. The van der Waals surface area contributed by atoms with Crippen LogP contribution in [0, 0.1) is 0 Å². The molecule has 0 fully saturated rings. The summed E-state index contributed by atoms with van der Waals surface area (Å²) in [7, 11) is 0. The van der Waals surface area contributed by atoms with E-state index in [1.807, 2.05) is 30.4 Å². The van der Waals surface area contributed by atoms with Crippen molar-refractivity contribution in [3.63, 3.8) is 0 Å². The summed E-state index contributed by atoms with van der Waals surface area (Å²) in [4.78, 5) is 16.3. The first-order valence-electron chi connectivity index (χ1n) is 8.25. The van der Waals surface area contributed by atoms with E-state index >= 15 is 0 Å². The summed E-state index contributed by atoms with van der Waals surface area (Å²) in [5.41, 5.74) is 4.80. The maximum atomic E-state index is 4.84. The van der Waals surface area contributed by atoms with E-state index in [-0.39, 0.29) is 4.83 Å². The van der Waals surface area contributed by atoms with Gasteiger partial charge >= 0.3 is 0 Å². The first kappa shape index (κ1) is 16.0. The van der Waals surface area contributed by atoms with Gasteiger partial charge in [0.2, 0.25) is 0 Å². The maximum absolute atomic E-state index is 4.84. The van der Waals surface area contributed by atoms with Gasteiger partial charge in [-0.25, -0.2) is 4.99 Å². The van der Waals surface area contributed by atoms with E-state index in [1.165, 1.54) is 0 Å². The van der Waals surface area contributed by atoms with Gasteiger partial charge in [0.25, 0.3) is 0 Å². The van der Waals surface area contributed by atoms with E-state index in [2.05, 4.69) is 83.2 Å². The van der Waals surface area contributed by atoms with Gasteiger partial charge in [-0.2, -0.15) is 0 Å². The number of halogens is 2. The van der Waals surface area contributed by atoms with Crippen molar-refractivity contribution >= 4 is 55.4 Å². The van der Waals surface area contributed by atoms with Gasteiger partial charge in [0.1, 0.15) is 0 Å². The molecule has 3 aliphatic rings. The number of nitrogens with zero attached hydrogens (tertiary/aromatic N) is 2. The zero-order valence-electron chi connectivity index (χ0n) is 13.6. The Balaban J connectivity index is 1.71. The minimum Gasteiger partial charge on any atom is -0.358 e. The maximum Gasteiger partial charge on any atom is 0.152 e. The van der Waals surface area contributed by atoms with Gasteiger partial charge < -0.3 is 9.97 Å². The number of aromatic nitrogens is 2. The smallest absolute Gasteiger partial charge is 0.152 e. The highest BCUT2D eigenvalue weighted by molar-refractivity contribution is 9.12. The number of nitrogens with one attached hydrogen (secondary N) is 2. The first-order valence-corrected chi connectivity index (χ1v) is 9.96. The number of hydrogen-bond acceptors (Lipinski definition) is 2. The predicted molar refractivity (Wildman–Crippen MR) is 113 cm³/mol. The molecule has 0 amide bonds. The summed E-state index contributed by atoms with van der Waals surface area (Å²) in [5.74, 6) is 0. The molecule has 2 N–H and O–H groups in total. The summed E-state index contributed by atoms with van der Waals surface area (Å²) < 4.78 is -0.529. The van der Waals surface area contributed by atoms with Crippen molar-refractivity contribution < 1.29 is 0 Å². The molecule has 6 heteroatoms. The average Bonchev–Trinajstić information content (AvgIpc) is 3.38. The number of rotatable bonds is 0.